The molecule has 0 aliphatic carbocycles. The van der Waals surface area contributed by atoms with Crippen molar-refractivity contribution in [3.8, 4) is 11.5 Å². The van der Waals surface area contributed by atoms with Crippen molar-refractivity contribution in [1.82, 2.24) is 9.97 Å². The summed E-state index contributed by atoms with van der Waals surface area (Å²) < 4.78 is 10.8. The van der Waals surface area contributed by atoms with Gasteiger partial charge in [0.05, 0.1) is 19.4 Å². The van der Waals surface area contributed by atoms with Crippen LogP contribution in [0.15, 0.2) is 75.5 Å². The second kappa shape index (κ2) is 10.8. The van der Waals surface area contributed by atoms with E-state index in [0.29, 0.717) is 17.5 Å². The topological polar surface area (TPSA) is 64.2 Å². The highest BCUT2D eigenvalue weighted by molar-refractivity contribution is 7.99. The zero-order valence-corrected chi connectivity index (χ0v) is 17.2. The van der Waals surface area contributed by atoms with Crippen molar-refractivity contribution >= 4 is 23.5 Å². The molecule has 0 spiro atoms. The van der Waals surface area contributed by atoms with Crippen molar-refractivity contribution in [2.24, 2.45) is 0 Å². The van der Waals surface area contributed by atoms with E-state index in [9.17, 15) is 4.79 Å². The van der Waals surface area contributed by atoms with Crippen LogP contribution in [0.25, 0.3) is 0 Å². The van der Waals surface area contributed by atoms with Crippen LogP contribution in [0.3, 0.4) is 0 Å². The van der Waals surface area contributed by atoms with Gasteiger partial charge in [0.2, 0.25) is 0 Å². The van der Waals surface area contributed by atoms with Gasteiger partial charge >= 0.3 is 0 Å². The molecule has 28 heavy (non-hydrogen) atoms. The lowest BCUT2D eigenvalue weighted by Crippen LogP contribution is -2.10. The summed E-state index contributed by atoms with van der Waals surface area (Å²) in [6, 6.07) is 19.2. The molecule has 0 aliphatic heterocycles. The zero-order chi connectivity index (χ0) is 19.6. The fraction of sp³-hybridized carbons (Fsp3) is 0.238. The number of aromatic amines is 1. The van der Waals surface area contributed by atoms with Gasteiger partial charge in [-0.3, -0.25) is 4.79 Å². The number of nitrogens with zero attached hydrogens (tertiary/aromatic N) is 1. The predicted molar refractivity (Wildman–Crippen MR) is 115 cm³/mol. The van der Waals surface area contributed by atoms with Gasteiger partial charge in [-0.1, -0.05) is 30.0 Å². The van der Waals surface area contributed by atoms with Crippen molar-refractivity contribution in [2.75, 3.05) is 19.5 Å². The SMILES string of the molecule is COc1ccc(OCCCSc2nc(CSc3ccccc3)cc(=O)[nH]2)cc1. The molecule has 0 aliphatic rings. The first kappa shape index (κ1) is 20.4. The number of hydrogen-bond acceptors (Lipinski definition) is 6. The lowest BCUT2D eigenvalue weighted by molar-refractivity contribution is 0.318. The van der Waals surface area contributed by atoms with Gasteiger partial charge in [0, 0.05) is 22.5 Å². The lowest BCUT2D eigenvalue weighted by Gasteiger charge is -2.07. The molecule has 0 unspecified atom stereocenters. The Morgan fingerprint density at radius 3 is 2.50 bits per heavy atom. The highest BCUT2D eigenvalue weighted by Gasteiger charge is 2.04. The summed E-state index contributed by atoms with van der Waals surface area (Å²) >= 11 is 3.21. The molecule has 146 valence electrons. The number of hydrogen-bond donors (Lipinski definition) is 1. The number of benzene rings is 2. The highest BCUT2D eigenvalue weighted by Crippen LogP contribution is 2.22. The molecule has 1 aromatic heterocycles. The van der Waals surface area contributed by atoms with Gasteiger partial charge in [0.15, 0.2) is 5.16 Å². The van der Waals surface area contributed by atoms with E-state index in [4.69, 9.17) is 9.47 Å². The molecule has 0 amide bonds. The molecule has 0 saturated carbocycles. The van der Waals surface area contributed by atoms with E-state index in [2.05, 4.69) is 22.1 Å². The third-order valence-corrected chi connectivity index (χ3v) is 5.76. The average Bonchev–Trinajstić information content (AvgIpc) is 2.73. The minimum Gasteiger partial charge on any atom is -0.497 e. The van der Waals surface area contributed by atoms with Gasteiger partial charge in [0.25, 0.3) is 5.56 Å². The van der Waals surface area contributed by atoms with E-state index in [-0.39, 0.29) is 5.56 Å². The summed E-state index contributed by atoms with van der Waals surface area (Å²) in [5.74, 6) is 3.11. The van der Waals surface area contributed by atoms with Crippen LogP contribution in [0, 0.1) is 0 Å². The molecule has 1 N–H and O–H groups in total. The fourth-order valence-electron chi connectivity index (χ4n) is 2.39. The smallest absolute Gasteiger partial charge is 0.251 e. The first-order valence-corrected chi connectivity index (χ1v) is 10.9. The molecule has 2 aromatic carbocycles. The van der Waals surface area contributed by atoms with E-state index in [1.807, 2.05) is 42.5 Å². The minimum absolute atomic E-state index is 0.115. The molecule has 3 aromatic rings. The van der Waals surface area contributed by atoms with Crippen molar-refractivity contribution < 1.29 is 9.47 Å². The summed E-state index contributed by atoms with van der Waals surface area (Å²) in [6.45, 7) is 0.604. The Balaban J connectivity index is 1.43. The molecule has 0 atom stereocenters. The van der Waals surface area contributed by atoms with Crippen LogP contribution in [-0.2, 0) is 5.75 Å². The normalized spacial score (nSPS) is 10.6. The third-order valence-electron chi connectivity index (χ3n) is 3.76. The van der Waals surface area contributed by atoms with E-state index in [1.54, 1.807) is 24.9 Å². The number of ether oxygens (including phenoxy) is 2. The number of thioether (sulfide) groups is 2. The zero-order valence-electron chi connectivity index (χ0n) is 15.6. The van der Waals surface area contributed by atoms with Crippen molar-refractivity contribution in [3.63, 3.8) is 0 Å². The molecule has 7 heteroatoms. The van der Waals surface area contributed by atoms with Crippen LogP contribution in [0.2, 0.25) is 0 Å². The summed E-state index contributed by atoms with van der Waals surface area (Å²) in [4.78, 5) is 20.4. The Morgan fingerprint density at radius 2 is 1.75 bits per heavy atom. The number of nitrogens with one attached hydrogen (secondary N) is 1. The Bertz CT molecular complexity index is 915. The van der Waals surface area contributed by atoms with E-state index in [0.717, 1.165) is 34.3 Å². The monoisotopic (exact) mass is 414 g/mol. The maximum absolute atomic E-state index is 11.9. The molecule has 1 heterocycles. The first-order chi connectivity index (χ1) is 13.7. The second-order valence-corrected chi connectivity index (χ2v) is 8.00. The molecular formula is C21H22N2O3S2. The molecule has 5 nitrogen and oxygen atoms in total. The van der Waals surface area contributed by atoms with Gasteiger partial charge in [0.1, 0.15) is 11.5 Å². The van der Waals surface area contributed by atoms with Crippen LogP contribution in [0.1, 0.15) is 12.1 Å². The van der Waals surface area contributed by atoms with Crippen LogP contribution in [-0.4, -0.2) is 29.4 Å². The number of methoxy groups -OCH3 is 1. The largest absolute Gasteiger partial charge is 0.497 e. The Labute approximate surface area is 172 Å². The van der Waals surface area contributed by atoms with E-state index in [1.165, 1.54) is 11.8 Å². The van der Waals surface area contributed by atoms with Gasteiger partial charge in [-0.15, -0.1) is 11.8 Å². The summed E-state index contributed by atoms with van der Waals surface area (Å²) in [7, 11) is 1.64. The summed E-state index contributed by atoms with van der Waals surface area (Å²) in [5, 5.41) is 0.653. The summed E-state index contributed by atoms with van der Waals surface area (Å²) in [6.07, 6.45) is 0.851. The molecular weight excluding hydrogens is 392 g/mol. The molecule has 0 radical (unpaired) electrons. The average molecular weight is 415 g/mol. The van der Waals surface area contributed by atoms with E-state index >= 15 is 0 Å². The van der Waals surface area contributed by atoms with Crippen LogP contribution in [0.4, 0.5) is 0 Å². The van der Waals surface area contributed by atoms with Crippen LogP contribution in [0.5, 0.6) is 11.5 Å². The van der Waals surface area contributed by atoms with E-state index < -0.39 is 0 Å². The standard InChI is InChI=1S/C21H22N2O3S2/c1-25-17-8-10-18(11-9-17)26-12-5-13-27-21-22-16(14-20(24)23-21)15-28-19-6-3-2-4-7-19/h2-4,6-11,14H,5,12-13,15H2,1H3,(H,22,23,24). The second-order valence-electron chi connectivity index (χ2n) is 5.87. The Kier molecular flexibility index (Phi) is 7.87. The fourth-order valence-corrected chi connectivity index (χ4v) is 4.01. The lowest BCUT2D eigenvalue weighted by atomic mass is 10.3. The predicted octanol–water partition coefficient (Wildman–Crippen LogP) is 4.63. The quantitative estimate of drug-likeness (QED) is 0.296. The van der Waals surface area contributed by atoms with Crippen LogP contribution < -0.4 is 15.0 Å². The maximum Gasteiger partial charge on any atom is 0.251 e. The van der Waals surface area contributed by atoms with Crippen molar-refractivity contribution in [3.05, 3.63) is 76.7 Å². The van der Waals surface area contributed by atoms with Crippen molar-refractivity contribution in [2.45, 2.75) is 22.2 Å². The minimum atomic E-state index is -0.115. The molecule has 0 saturated heterocycles. The van der Waals surface area contributed by atoms with Crippen molar-refractivity contribution in [1.29, 1.82) is 0 Å². The third kappa shape index (κ3) is 6.65. The summed E-state index contributed by atoms with van der Waals surface area (Å²) in [5.41, 5.74) is 0.672. The van der Waals surface area contributed by atoms with Crippen LogP contribution >= 0.6 is 23.5 Å². The Hall–Kier alpha value is -2.38. The van der Waals surface area contributed by atoms with Gasteiger partial charge in [-0.05, 0) is 42.8 Å². The van der Waals surface area contributed by atoms with Gasteiger partial charge < -0.3 is 14.5 Å². The van der Waals surface area contributed by atoms with Gasteiger partial charge in [-0.25, -0.2) is 4.98 Å². The first-order valence-electron chi connectivity index (χ1n) is 8.91. The molecule has 0 fully saturated rings. The van der Waals surface area contributed by atoms with Gasteiger partial charge in [-0.2, -0.15) is 0 Å². The number of rotatable bonds is 10. The maximum atomic E-state index is 11.9. The number of aromatic nitrogens is 2. The molecule has 3 rings (SSSR count). The number of H-pyrrole nitrogens is 1. The molecule has 0 bridgehead atoms. The highest BCUT2D eigenvalue weighted by atomic mass is 32.2. The Morgan fingerprint density at radius 1 is 1.00 bits per heavy atom.